The highest BCUT2D eigenvalue weighted by molar-refractivity contribution is 5.85. The summed E-state index contributed by atoms with van der Waals surface area (Å²) >= 11 is 0. The van der Waals surface area contributed by atoms with Crippen molar-refractivity contribution in [3.8, 4) is 0 Å². The third kappa shape index (κ3) is 2.70. The first-order chi connectivity index (χ1) is 7.33. The van der Waals surface area contributed by atoms with Crippen LogP contribution in [0.15, 0.2) is 18.6 Å². The lowest BCUT2D eigenvalue weighted by molar-refractivity contribution is 0.193. The average Bonchev–Trinajstić information content (AvgIpc) is 2.77. The van der Waals surface area contributed by atoms with Crippen LogP contribution < -0.4 is 5.73 Å². The van der Waals surface area contributed by atoms with E-state index in [4.69, 9.17) is 5.73 Å². The molecule has 1 aromatic heterocycles. The van der Waals surface area contributed by atoms with Crippen LogP contribution in [0, 0.1) is 0 Å². The number of hydrogen-bond donors (Lipinski definition) is 1. The summed E-state index contributed by atoms with van der Waals surface area (Å²) in [5, 5.41) is 0. The second kappa shape index (κ2) is 6.13. The second-order valence-electron chi connectivity index (χ2n) is 4.08. The molecule has 1 aliphatic heterocycles. The van der Waals surface area contributed by atoms with Crippen molar-refractivity contribution < 1.29 is 0 Å². The van der Waals surface area contributed by atoms with Crippen LogP contribution in [0.2, 0.25) is 0 Å². The number of rotatable bonds is 3. The minimum atomic E-state index is 0. The number of nitrogens with zero attached hydrogens (tertiary/aromatic N) is 3. The Balaban J connectivity index is 0.00000128. The molecule has 1 aromatic rings. The van der Waals surface area contributed by atoms with Gasteiger partial charge in [0, 0.05) is 31.2 Å². The summed E-state index contributed by atoms with van der Waals surface area (Å²) in [6, 6.07) is 0.844. The van der Waals surface area contributed by atoms with Crippen LogP contribution in [0.1, 0.15) is 31.5 Å². The van der Waals surface area contributed by atoms with Crippen molar-refractivity contribution in [2.24, 2.45) is 5.73 Å². The van der Waals surface area contributed by atoms with Crippen molar-refractivity contribution in [1.29, 1.82) is 0 Å². The largest absolute Gasteiger partial charge is 0.329 e. The Kier molecular flexibility index (Phi) is 5.12. The maximum atomic E-state index is 5.76. The second-order valence-corrected chi connectivity index (χ2v) is 4.08. The lowest BCUT2D eigenvalue weighted by atomic mass is 10.1. The van der Waals surface area contributed by atoms with Crippen LogP contribution in [-0.4, -0.2) is 34.0 Å². The van der Waals surface area contributed by atoms with Gasteiger partial charge in [-0.15, -0.1) is 12.4 Å². The van der Waals surface area contributed by atoms with Crippen molar-refractivity contribution in [2.75, 3.05) is 13.1 Å². The van der Waals surface area contributed by atoms with Crippen LogP contribution >= 0.6 is 12.4 Å². The van der Waals surface area contributed by atoms with E-state index in [2.05, 4.69) is 21.8 Å². The van der Waals surface area contributed by atoms with Crippen LogP contribution in [0.3, 0.4) is 0 Å². The van der Waals surface area contributed by atoms with Crippen molar-refractivity contribution in [2.45, 2.75) is 31.8 Å². The van der Waals surface area contributed by atoms with E-state index < -0.39 is 0 Å². The molecule has 2 N–H and O–H groups in total. The highest BCUT2D eigenvalue weighted by atomic mass is 35.5. The van der Waals surface area contributed by atoms with Gasteiger partial charge in [-0.25, -0.2) is 0 Å². The maximum absolute atomic E-state index is 5.76. The SMILES string of the molecule is CC(c1cnccn1)N1CCCC1CN.Cl. The molecule has 1 saturated heterocycles. The molecule has 0 radical (unpaired) electrons. The molecular weight excluding hydrogens is 224 g/mol. The van der Waals surface area contributed by atoms with E-state index in [0.29, 0.717) is 12.1 Å². The third-order valence-electron chi connectivity index (χ3n) is 3.20. The van der Waals surface area contributed by atoms with Crippen LogP contribution in [0.4, 0.5) is 0 Å². The average molecular weight is 243 g/mol. The Morgan fingerprint density at radius 3 is 3.00 bits per heavy atom. The number of aromatic nitrogens is 2. The van der Waals surface area contributed by atoms with Gasteiger partial charge in [-0.1, -0.05) is 0 Å². The highest BCUT2D eigenvalue weighted by Gasteiger charge is 2.28. The van der Waals surface area contributed by atoms with Gasteiger partial charge in [-0.05, 0) is 26.3 Å². The summed E-state index contributed by atoms with van der Waals surface area (Å²) < 4.78 is 0. The molecule has 0 amide bonds. The lowest BCUT2D eigenvalue weighted by Gasteiger charge is -2.29. The Morgan fingerprint density at radius 1 is 1.56 bits per heavy atom. The third-order valence-corrected chi connectivity index (χ3v) is 3.20. The van der Waals surface area contributed by atoms with Crippen molar-refractivity contribution in [3.05, 3.63) is 24.3 Å². The normalized spacial score (nSPS) is 22.8. The molecule has 0 bridgehead atoms. The van der Waals surface area contributed by atoms with Gasteiger partial charge < -0.3 is 5.73 Å². The van der Waals surface area contributed by atoms with Gasteiger partial charge in [0.2, 0.25) is 0 Å². The molecule has 1 aliphatic rings. The zero-order valence-corrected chi connectivity index (χ0v) is 10.4. The summed E-state index contributed by atoms with van der Waals surface area (Å²) in [7, 11) is 0. The quantitative estimate of drug-likeness (QED) is 0.870. The first-order valence-electron chi connectivity index (χ1n) is 5.54. The molecule has 2 rings (SSSR count). The molecule has 4 nitrogen and oxygen atoms in total. The number of nitrogens with two attached hydrogens (primary N) is 1. The smallest absolute Gasteiger partial charge is 0.0755 e. The first kappa shape index (κ1) is 13.4. The summed E-state index contributed by atoms with van der Waals surface area (Å²) in [5.41, 5.74) is 6.80. The molecule has 5 heteroatoms. The molecular formula is C11H19ClN4. The fourth-order valence-electron chi connectivity index (χ4n) is 2.32. The van der Waals surface area contributed by atoms with Gasteiger partial charge in [-0.3, -0.25) is 14.9 Å². The fraction of sp³-hybridized carbons (Fsp3) is 0.636. The summed E-state index contributed by atoms with van der Waals surface area (Å²) in [6.07, 6.45) is 7.75. The number of hydrogen-bond acceptors (Lipinski definition) is 4. The molecule has 2 heterocycles. The standard InChI is InChI=1S/C11H18N4.ClH/c1-9(11-8-13-4-5-14-11)15-6-2-3-10(15)7-12;/h4-5,8-10H,2-3,6-7,12H2,1H3;1H. The number of likely N-dealkylation sites (tertiary alicyclic amines) is 1. The van der Waals surface area contributed by atoms with Crippen LogP contribution in [-0.2, 0) is 0 Å². The predicted molar refractivity (Wildman–Crippen MR) is 66.5 cm³/mol. The summed E-state index contributed by atoms with van der Waals surface area (Å²) in [4.78, 5) is 10.9. The molecule has 90 valence electrons. The summed E-state index contributed by atoms with van der Waals surface area (Å²) in [6.45, 7) is 4.04. The predicted octanol–water partition coefficient (Wildman–Crippen LogP) is 1.38. The monoisotopic (exact) mass is 242 g/mol. The maximum Gasteiger partial charge on any atom is 0.0755 e. The lowest BCUT2D eigenvalue weighted by Crippen LogP contribution is -2.37. The van der Waals surface area contributed by atoms with E-state index in [1.54, 1.807) is 12.4 Å². The molecule has 1 fully saturated rings. The molecule has 0 aliphatic carbocycles. The van der Waals surface area contributed by atoms with Gasteiger partial charge in [-0.2, -0.15) is 0 Å². The van der Waals surface area contributed by atoms with Crippen molar-refractivity contribution in [3.63, 3.8) is 0 Å². The van der Waals surface area contributed by atoms with E-state index in [1.807, 2.05) is 6.20 Å². The molecule has 16 heavy (non-hydrogen) atoms. The van der Waals surface area contributed by atoms with E-state index in [9.17, 15) is 0 Å². The minimum Gasteiger partial charge on any atom is -0.329 e. The van der Waals surface area contributed by atoms with E-state index in [-0.39, 0.29) is 12.4 Å². The van der Waals surface area contributed by atoms with Crippen LogP contribution in [0.25, 0.3) is 0 Å². The molecule has 0 spiro atoms. The Labute approximate surface area is 103 Å². The van der Waals surface area contributed by atoms with Crippen molar-refractivity contribution >= 4 is 12.4 Å². The van der Waals surface area contributed by atoms with Gasteiger partial charge in [0.15, 0.2) is 0 Å². The topological polar surface area (TPSA) is 55.0 Å². The van der Waals surface area contributed by atoms with E-state index in [0.717, 1.165) is 18.8 Å². The van der Waals surface area contributed by atoms with E-state index >= 15 is 0 Å². The molecule has 0 aromatic carbocycles. The van der Waals surface area contributed by atoms with Crippen LogP contribution in [0.5, 0.6) is 0 Å². The zero-order valence-electron chi connectivity index (χ0n) is 9.54. The Bertz CT molecular complexity index is 306. The highest BCUT2D eigenvalue weighted by Crippen LogP contribution is 2.26. The minimum absolute atomic E-state index is 0. The van der Waals surface area contributed by atoms with Crippen molar-refractivity contribution in [1.82, 2.24) is 14.9 Å². The fourth-order valence-corrected chi connectivity index (χ4v) is 2.32. The van der Waals surface area contributed by atoms with E-state index in [1.165, 1.54) is 12.8 Å². The Hall–Kier alpha value is -0.710. The Morgan fingerprint density at radius 2 is 2.38 bits per heavy atom. The molecule has 2 unspecified atom stereocenters. The van der Waals surface area contributed by atoms with Gasteiger partial charge >= 0.3 is 0 Å². The zero-order chi connectivity index (χ0) is 10.7. The van der Waals surface area contributed by atoms with Gasteiger partial charge in [0.1, 0.15) is 0 Å². The van der Waals surface area contributed by atoms with Gasteiger partial charge in [0.05, 0.1) is 11.7 Å². The molecule has 2 atom stereocenters. The first-order valence-corrected chi connectivity index (χ1v) is 5.54. The van der Waals surface area contributed by atoms with Gasteiger partial charge in [0.25, 0.3) is 0 Å². The number of halogens is 1. The summed E-state index contributed by atoms with van der Waals surface area (Å²) in [5.74, 6) is 0. The molecule has 0 saturated carbocycles.